The molecule has 12 rings (SSSR count). The number of ether oxygens (including phenoxy) is 1. The number of aromatic nitrogens is 2. The van der Waals surface area contributed by atoms with E-state index in [2.05, 4.69) is 221 Å². The maximum Gasteiger partial charge on any atom is 0.179 e. The summed E-state index contributed by atoms with van der Waals surface area (Å²) in [6.45, 7) is 0. The number of hydrogen-bond acceptors (Lipinski definition) is 1. The van der Waals surface area contributed by atoms with Crippen LogP contribution in [0.4, 0.5) is 0 Å². The molecule has 1 aliphatic rings. The van der Waals surface area contributed by atoms with E-state index in [9.17, 15) is 0 Å². The van der Waals surface area contributed by atoms with Gasteiger partial charge in [-0.05, 0) is 74.8 Å². The summed E-state index contributed by atoms with van der Waals surface area (Å²) < 4.78 is 11.6. The number of rotatable bonds is 6. The first-order valence-electron chi connectivity index (χ1n) is 19.9. The monoisotopic (exact) mass is 756 g/mol. The number of nitrogens with zero attached hydrogens (tertiary/aromatic N) is 2. The van der Waals surface area contributed by atoms with Crippen LogP contribution in [-0.2, 0) is 0 Å². The summed E-state index contributed by atoms with van der Waals surface area (Å²) in [5.74, 6) is 1.76. The highest BCUT2D eigenvalue weighted by Crippen LogP contribution is 2.49. The third-order valence-electron chi connectivity index (χ3n) is 12.3. The van der Waals surface area contributed by atoms with Gasteiger partial charge in [-0.3, -0.25) is 0 Å². The van der Waals surface area contributed by atoms with Crippen LogP contribution in [0.25, 0.3) is 66.1 Å². The van der Waals surface area contributed by atoms with Gasteiger partial charge in [-0.1, -0.05) is 170 Å². The lowest BCUT2D eigenvalue weighted by molar-refractivity contribution is 0.478. The molecular formula is C54H36N2OSi. The molecule has 0 saturated heterocycles. The lowest BCUT2D eigenvalue weighted by atomic mass is 10.0. The smallest absolute Gasteiger partial charge is 0.179 e. The third kappa shape index (κ3) is 4.67. The Morgan fingerprint density at radius 1 is 0.362 bits per heavy atom. The van der Waals surface area contributed by atoms with Crippen molar-refractivity contribution in [2.45, 2.75) is 0 Å². The molecule has 0 fully saturated rings. The van der Waals surface area contributed by atoms with E-state index < -0.39 is 8.07 Å². The zero-order valence-electron chi connectivity index (χ0n) is 31.6. The highest BCUT2D eigenvalue weighted by atomic mass is 28.3. The maximum absolute atomic E-state index is 6.79. The van der Waals surface area contributed by atoms with Gasteiger partial charge in [-0.2, -0.15) is 0 Å². The molecule has 3 nitrogen and oxygen atoms in total. The fourth-order valence-corrected chi connectivity index (χ4v) is 14.6. The molecule has 2 aromatic heterocycles. The Balaban J connectivity index is 1.04. The highest BCUT2D eigenvalue weighted by Gasteiger charge is 2.41. The second-order valence-electron chi connectivity index (χ2n) is 15.2. The molecule has 3 heterocycles. The minimum atomic E-state index is -2.70. The molecule has 9 aromatic carbocycles. The van der Waals surface area contributed by atoms with Crippen molar-refractivity contribution < 1.29 is 4.74 Å². The van der Waals surface area contributed by atoms with E-state index in [0.29, 0.717) is 0 Å². The average molecular weight is 757 g/mol. The number of hydrogen-bond donors (Lipinski definition) is 0. The maximum atomic E-state index is 6.79. The van der Waals surface area contributed by atoms with Gasteiger partial charge >= 0.3 is 0 Å². The van der Waals surface area contributed by atoms with Gasteiger partial charge in [0, 0.05) is 32.8 Å². The molecule has 0 radical (unpaired) electrons. The highest BCUT2D eigenvalue weighted by molar-refractivity contribution is 7.20. The Kier molecular flexibility index (Phi) is 7.25. The Bertz CT molecular complexity index is 3250. The van der Waals surface area contributed by atoms with Gasteiger partial charge in [-0.15, -0.1) is 0 Å². The Labute approximate surface area is 337 Å². The summed E-state index contributed by atoms with van der Waals surface area (Å²) >= 11 is 0. The number of benzene rings is 9. The first kappa shape index (κ1) is 32.8. The van der Waals surface area contributed by atoms with Crippen LogP contribution in [0.1, 0.15) is 0 Å². The zero-order chi connectivity index (χ0) is 38.2. The first-order valence-corrected chi connectivity index (χ1v) is 21.9. The van der Waals surface area contributed by atoms with Crippen LogP contribution in [-0.4, -0.2) is 17.2 Å². The minimum absolute atomic E-state index is 0.866. The SMILES string of the molecule is c1ccc([Si](c2ccccc2)(c2ccccc2)c2ccc3c(c2)c2ccccc2n3-c2ccc(-c3ccc4c5ccccc5n5c4c3Oc3ccccc3-5)cc2)cc1. The van der Waals surface area contributed by atoms with Crippen molar-refractivity contribution in [3.05, 3.63) is 218 Å². The van der Waals surface area contributed by atoms with Crippen molar-refractivity contribution >= 4 is 72.4 Å². The molecular weight excluding hydrogens is 721 g/mol. The van der Waals surface area contributed by atoms with Crippen LogP contribution in [0.2, 0.25) is 0 Å². The molecule has 0 amide bonds. The van der Waals surface area contributed by atoms with E-state index in [1.165, 1.54) is 58.8 Å². The van der Waals surface area contributed by atoms with Crippen LogP contribution in [0.15, 0.2) is 218 Å². The molecule has 0 bridgehead atoms. The fourth-order valence-electron chi connectivity index (χ4n) is 9.79. The molecule has 11 aromatic rings. The molecule has 0 aliphatic carbocycles. The van der Waals surface area contributed by atoms with Gasteiger partial charge in [0.05, 0.1) is 27.8 Å². The Morgan fingerprint density at radius 3 is 1.55 bits per heavy atom. The summed E-state index contributed by atoms with van der Waals surface area (Å²) in [7, 11) is -2.70. The van der Waals surface area contributed by atoms with Crippen LogP contribution in [0.3, 0.4) is 0 Å². The van der Waals surface area contributed by atoms with Gasteiger partial charge in [0.15, 0.2) is 19.6 Å². The topological polar surface area (TPSA) is 19.1 Å². The number of para-hydroxylation sites is 4. The average Bonchev–Trinajstić information content (AvgIpc) is 3.82. The summed E-state index contributed by atoms with van der Waals surface area (Å²) in [4.78, 5) is 0. The molecule has 58 heavy (non-hydrogen) atoms. The quantitative estimate of drug-likeness (QED) is 0.122. The van der Waals surface area contributed by atoms with Gasteiger partial charge in [0.2, 0.25) is 0 Å². The van der Waals surface area contributed by atoms with Crippen LogP contribution in [0.5, 0.6) is 11.5 Å². The largest absolute Gasteiger partial charge is 0.452 e. The zero-order valence-corrected chi connectivity index (χ0v) is 32.6. The van der Waals surface area contributed by atoms with E-state index in [1.54, 1.807) is 0 Å². The molecule has 0 atom stereocenters. The van der Waals surface area contributed by atoms with E-state index in [0.717, 1.165) is 39.5 Å². The summed E-state index contributed by atoms with van der Waals surface area (Å²) in [6.07, 6.45) is 0. The van der Waals surface area contributed by atoms with E-state index >= 15 is 0 Å². The third-order valence-corrected chi connectivity index (χ3v) is 17.0. The van der Waals surface area contributed by atoms with Gasteiger partial charge in [0.1, 0.15) is 0 Å². The summed E-state index contributed by atoms with van der Waals surface area (Å²) in [5, 5.41) is 10.4. The van der Waals surface area contributed by atoms with Gasteiger partial charge in [0.25, 0.3) is 0 Å². The number of fused-ring (bicyclic) bond motifs is 8. The summed E-state index contributed by atoms with van der Waals surface area (Å²) in [5.41, 5.74) is 9.06. The lowest BCUT2D eigenvalue weighted by Crippen LogP contribution is -2.74. The van der Waals surface area contributed by atoms with Crippen LogP contribution in [0, 0.1) is 0 Å². The van der Waals surface area contributed by atoms with Crippen molar-refractivity contribution in [1.29, 1.82) is 0 Å². The van der Waals surface area contributed by atoms with E-state index in [4.69, 9.17) is 4.74 Å². The van der Waals surface area contributed by atoms with Crippen molar-refractivity contribution in [3.63, 3.8) is 0 Å². The Morgan fingerprint density at radius 2 is 0.897 bits per heavy atom. The first-order chi connectivity index (χ1) is 28.8. The van der Waals surface area contributed by atoms with Crippen molar-refractivity contribution in [2.75, 3.05) is 0 Å². The predicted octanol–water partition coefficient (Wildman–Crippen LogP) is 11.0. The normalized spacial score (nSPS) is 12.3. The fraction of sp³-hybridized carbons (Fsp3) is 0. The van der Waals surface area contributed by atoms with Crippen molar-refractivity contribution in [1.82, 2.24) is 9.13 Å². The summed E-state index contributed by atoms with van der Waals surface area (Å²) in [6, 6.07) is 80.1. The molecule has 0 unspecified atom stereocenters. The van der Waals surface area contributed by atoms with E-state index in [-0.39, 0.29) is 0 Å². The van der Waals surface area contributed by atoms with Crippen molar-refractivity contribution in [3.8, 4) is 34.0 Å². The predicted molar refractivity (Wildman–Crippen MR) is 244 cm³/mol. The molecule has 0 N–H and O–H groups in total. The molecule has 0 spiro atoms. The molecule has 1 aliphatic heterocycles. The van der Waals surface area contributed by atoms with Gasteiger partial charge < -0.3 is 13.9 Å². The lowest BCUT2D eigenvalue weighted by Gasteiger charge is -2.34. The Hall–Kier alpha value is -7.40. The molecule has 4 heteroatoms. The van der Waals surface area contributed by atoms with E-state index in [1.807, 2.05) is 6.07 Å². The molecule has 272 valence electrons. The van der Waals surface area contributed by atoms with Crippen molar-refractivity contribution in [2.24, 2.45) is 0 Å². The second kappa shape index (κ2) is 12.8. The van der Waals surface area contributed by atoms with Crippen LogP contribution >= 0.6 is 0 Å². The van der Waals surface area contributed by atoms with Crippen LogP contribution < -0.4 is 25.5 Å². The second-order valence-corrected chi connectivity index (χ2v) is 19.0. The standard InChI is InChI=1S/C54H36N2OSi/c1-4-16-39(17-5-1)58(40-18-6-2-7-19-40,41-20-8-3-9-21-41)42-32-35-50-47(36-42)45-23-11-12-24-48(45)55(50)38-30-28-37(29-31-38)43-33-34-46-44-22-10-13-25-49(44)56-51-26-14-15-27-52(51)57-54(43)53(46)56/h1-36H. The molecule has 0 saturated carbocycles. The minimum Gasteiger partial charge on any atom is -0.452 e. The van der Waals surface area contributed by atoms with Gasteiger partial charge in [-0.25, -0.2) is 0 Å².